The van der Waals surface area contributed by atoms with E-state index in [2.05, 4.69) is 10.3 Å². The Balaban J connectivity index is 2.13. The van der Waals surface area contributed by atoms with Crippen LogP contribution in [0, 0.1) is 0 Å². The van der Waals surface area contributed by atoms with Gasteiger partial charge in [0.15, 0.2) is 0 Å². The molecule has 2 rings (SSSR count). The first kappa shape index (κ1) is 14.7. The number of ether oxygens (including phenoxy) is 1. The summed E-state index contributed by atoms with van der Waals surface area (Å²) in [6, 6.07) is 4.99. The van der Waals surface area contributed by atoms with E-state index < -0.39 is 5.97 Å². The topological polar surface area (TPSA) is 88.5 Å². The Morgan fingerprint density at radius 3 is 2.81 bits per heavy atom. The van der Waals surface area contributed by atoms with Gasteiger partial charge in [0.1, 0.15) is 0 Å². The van der Waals surface area contributed by atoms with E-state index in [0.29, 0.717) is 22.0 Å². The quantitative estimate of drug-likeness (QED) is 0.829. The molecule has 0 saturated heterocycles. The number of carboxylic acids is 1. The predicted octanol–water partition coefficient (Wildman–Crippen LogP) is 2.50. The number of carbonyl (C=O) groups excluding carboxylic acids is 1. The first-order valence-corrected chi connectivity index (χ1v) is 6.78. The number of hydrogen-bond donors (Lipinski definition) is 2. The van der Waals surface area contributed by atoms with Crippen LogP contribution in [0.4, 0.5) is 5.69 Å². The molecule has 7 heteroatoms. The summed E-state index contributed by atoms with van der Waals surface area (Å²) >= 11 is 1.23. The predicted molar refractivity (Wildman–Crippen MR) is 79.7 cm³/mol. The van der Waals surface area contributed by atoms with E-state index in [1.807, 2.05) is 0 Å². The van der Waals surface area contributed by atoms with Crippen molar-refractivity contribution in [1.82, 2.24) is 4.98 Å². The average Bonchev–Trinajstić information content (AvgIpc) is 2.94. The number of nitrogens with zero attached hydrogens (tertiary/aromatic N) is 1. The van der Waals surface area contributed by atoms with Gasteiger partial charge in [-0.2, -0.15) is 0 Å². The second kappa shape index (κ2) is 6.67. The number of rotatable bonds is 5. The van der Waals surface area contributed by atoms with Crippen LogP contribution >= 0.6 is 11.3 Å². The van der Waals surface area contributed by atoms with Gasteiger partial charge >= 0.3 is 5.97 Å². The molecule has 0 atom stereocenters. The van der Waals surface area contributed by atoms with E-state index in [1.54, 1.807) is 23.6 Å². The summed E-state index contributed by atoms with van der Waals surface area (Å²) in [4.78, 5) is 27.1. The Labute approximate surface area is 124 Å². The summed E-state index contributed by atoms with van der Waals surface area (Å²) in [7, 11) is 1.51. The van der Waals surface area contributed by atoms with Crippen molar-refractivity contribution in [3.8, 4) is 5.88 Å². The van der Waals surface area contributed by atoms with E-state index in [4.69, 9.17) is 9.84 Å². The minimum Gasteiger partial charge on any atom is -0.481 e. The number of anilines is 1. The Hall–Kier alpha value is -2.67. The highest BCUT2D eigenvalue weighted by Gasteiger charge is 2.12. The Morgan fingerprint density at radius 1 is 1.38 bits per heavy atom. The van der Waals surface area contributed by atoms with Gasteiger partial charge in [-0.05, 0) is 29.2 Å². The van der Waals surface area contributed by atoms with Crippen LogP contribution in [0.2, 0.25) is 0 Å². The molecule has 21 heavy (non-hydrogen) atoms. The van der Waals surface area contributed by atoms with E-state index in [0.717, 1.165) is 6.08 Å². The summed E-state index contributed by atoms with van der Waals surface area (Å²) in [5.41, 5.74) is 1.09. The van der Waals surface area contributed by atoms with Gasteiger partial charge in [-0.3, -0.25) is 4.79 Å². The molecule has 0 aliphatic heterocycles. The molecule has 0 aromatic carbocycles. The number of nitrogens with one attached hydrogen (secondary N) is 1. The van der Waals surface area contributed by atoms with E-state index in [9.17, 15) is 9.59 Å². The van der Waals surface area contributed by atoms with Crippen molar-refractivity contribution < 1.29 is 19.4 Å². The first-order chi connectivity index (χ1) is 10.1. The zero-order valence-corrected chi connectivity index (χ0v) is 11.9. The monoisotopic (exact) mass is 304 g/mol. The molecule has 0 radical (unpaired) electrons. The molecule has 0 fully saturated rings. The minimum atomic E-state index is -1.06. The van der Waals surface area contributed by atoms with Gasteiger partial charge in [-0.15, -0.1) is 11.3 Å². The lowest BCUT2D eigenvalue weighted by Gasteiger charge is -2.05. The van der Waals surface area contributed by atoms with Crippen LogP contribution < -0.4 is 10.1 Å². The molecule has 0 bridgehead atoms. The number of aliphatic carboxylic acids is 1. The molecular weight excluding hydrogens is 292 g/mol. The normalized spacial score (nSPS) is 10.5. The summed E-state index contributed by atoms with van der Waals surface area (Å²) in [6.07, 6.45) is 3.87. The molecule has 0 unspecified atom stereocenters. The van der Waals surface area contributed by atoms with Crippen molar-refractivity contribution in [2.24, 2.45) is 0 Å². The lowest BCUT2D eigenvalue weighted by atomic mass is 10.2. The summed E-state index contributed by atoms with van der Waals surface area (Å²) in [5, 5.41) is 13.0. The van der Waals surface area contributed by atoms with Crippen LogP contribution in [0.5, 0.6) is 5.88 Å². The van der Waals surface area contributed by atoms with Gasteiger partial charge in [0.2, 0.25) is 5.88 Å². The molecular formula is C14H12N2O4S. The highest BCUT2D eigenvalue weighted by atomic mass is 32.1. The minimum absolute atomic E-state index is 0.318. The van der Waals surface area contributed by atoms with E-state index >= 15 is 0 Å². The molecule has 6 nitrogen and oxygen atoms in total. The zero-order chi connectivity index (χ0) is 15.2. The Kier molecular flexibility index (Phi) is 4.68. The van der Waals surface area contributed by atoms with Crippen molar-refractivity contribution in [1.29, 1.82) is 0 Å². The maximum Gasteiger partial charge on any atom is 0.328 e. The number of amides is 1. The first-order valence-electron chi connectivity index (χ1n) is 5.90. The fraction of sp³-hybridized carbons (Fsp3) is 0.0714. The van der Waals surface area contributed by atoms with Gasteiger partial charge in [0, 0.05) is 12.1 Å². The largest absolute Gasteiger partial charge is 0.481 e. The highest BCUT2D eigenvalue weighted by Crippen LogP contribution is 2.20. The number of hydrogen-bond acceptors (Lipinski definition) is 5. The lowest BCUT2D eigenvalue weighted by molar-refractivity contribution is -0.131. The SMILES string of the molecule is COc1ccc(NC(=O)c2sccc2C=CC(=O)O)cn1. The fourth-order valence-electron chi connectivity index (χ4n) is 1.56. The molecule has 1 amide bonds. The smallest absolute Gasteiger partial charge is 0.328 e. The number of aromatic nitrogens is 1. The van der Waals surface area contributed by atoms with Crippen LogP contribution in [-0.2, 0) is 4.79 Å². The van der Waals surface area contributed by atoms with Crippen molar-refractivity contribution in [3.05, 3.63) is 46.3 Å². The number of thiophene rings is 1. The molecule has 0 aliphatic carbocycles. The van der Waals surface area contributed by atoms with Crippen LogP contribution in [0.3, 0.4) is 0 Å². The van der Waals surface area contributed by atoms with Crippen molar-refractivity contribution in [2.75, 3.05) is 12.4 Å². The van der Waals surface area contributed by atoms with Crippen molar-refractivity contribution in [3.63, 3.8) is 0 Å². The highest BCUT2D eigenvalue weighted by molar-refractivity contribution is 7.12. The summed E-state index contributed by atoms with van der Waals surface area (Å²) < 4.78 is 4.93. The standard InChI is InChI=1S/C14H12N2O4S/c1-20-11-4-3-10(8-15-11)16-14(19)13-9(6-7-21-13)2-5-12(17)18/h2-8H,1H3,(H,16,19)(H,17,18). The fourth-order valence-corrected chi connectivity index (χ4v) is 2.34. The molecule has 0 spiro atoms. The van der Waals surface area contributed by atoms with Gasteiger partial charge in [-0.1, -0.05) is 0 Å². The van der Waals surface area contributed by atoms with E-state index in [-0.39, 0.29) is 5.91 Å². The summed E-state index contributed by atoms with van der Waals surface area (Å²) in [5.74, 6) is -0.928. The van der Waals surface area contributed by atoms with Crippen LogP contribution in [0.25, 0.3) is 6.08 Å². The Bertz CT molecular complexity index is 677. The molecule has 0 saturated carbocycles. The zero-order valence-electron chi connectivity index (χ0n) is 11.1. The Morgan fingerprint density at radius 2 is 2.19 bits per heavy atom. The van der Waals surface area contributed by atoms with Crippen LogP contribution in [0.1, 0.15) is 15.2 Å². The molecule has 2 N–H and O–H groups in total. The van der Waals surface area contributed by atoms with Crippen LogP contribution in [0.15, 0.2) is 35.9 Å². The maximum atomic E-state index is 12.2. The maximum absolute atomic E-state index is 12.2. The molecule has 2 aromatic heterocycles. The van der Waals surface area contributed by atoms with Gasteiger partial charge in [-0.25, -0.2) is 9.78 Å². The number of methoxy groups -OCH3 is 1. The molecule has 2 aromatic rings. The molecule has 0 aliphatic rings. The van der Waals surface area contributed by atoms with Crippen molar-refractivity contribution >= 4 is 35.0 Å². The third-order valence-electron chi connectivity index (χ3n) is 2.51. The third-order valence-corrected chi connectivity index (χ3v) is 3.44. The van der Waals surface area contributed by atoms with E-state index in [1.165, 1.54) is 30.7 Å². The molecule has 108 valence electrons. The average molecular weight is 304 g/mol. The second-order valence-corrected chi connectivity index (χ2v) is 4.84. The number of pyridine rings is 1. The molecule has 2 heterocycles. The van der Waals surface area contributed by atoms with Crippen LogP contribution in [-0.4, -0.2) is 29.1 Å². The third kappa shape index (κ3) is 3.90. The number of carboxylic acid groups (broad SMARTS) is 1. The van der Waals surface area contributed by atoms with Crippen molar-refractivity contribution in [2.45, 2.75) is 0 Å². The van der Waals surface area contributed by atoms with Gasteiger partial charge < -0.3 is 15.2 Å². The summed E-state index contributed by atoms with van der Waals surface area (Å²) in [6.45, 7) is 0. The van der Waals surface area contributed by atoms with Gasteiger partial charge in [0.25, 0.3) is 5.91 Å². The number of carbonyl (C=O) groups is 2. The van der Waals surface area contributed by atoms with Gasteiger partial charge in [0.05, 0.1) is 23.9 Å². The lowest BCUT2D eigenvalue weighted by Crippen LogP contribution is -2.11. The second-order valence-electron chi connectivity index (χ2n) is 3.92.